The normalized spacial score (nSPS) is 12.6. The van der Waals surface area contributed by atoms with Crippen molar-refractivity contribution < 1.29 is 17.7 Å². The minimum Gasteiger partial charge on any atom is -0.329 e. The molecule has 1 aromatic rings. The quantitative estimate of drug-likeness (QED) is 0.615. The zero-order valence-corrected chi connectivity index (χ0v) is 11.5. The minimum absolute atomic E-state index is 0. The van der Waals surface area contributed by atoms with Crippen LogP contribution in [0.2, 0.25) is 0 Å². The fourth-order valence-corrected chi connectivity index (χ4v) is 2.70. The van der Waals surface area contributed by atoms with Gasteiger partial charge in [-0.15, -0.1) is 12.4 Å². The Labute approximate surface area is 115 Å². The summed E-state index contributed by atoms with van der Waals surface area (Å²) in [5, 5.41) is 10.7. The van der Waals surface area contributed by atoms with Gasteiger partial charge < -0.3 is 5.73 Å². The third-order valence-corrected chi connectivity index (χ3v) is 3.75. The number of nitro benzene ring substituents is 1. The number of nitrogens with two attached hydrogens (primary N) is 1. The van der Waals surface area contributed by atoms with E-state index in [0.717, 1.165) is 18.2 Å². The van der Waals surface area contributed by atoms with E-state index in [0.29, 0.717) is 0 Å². The lowest BCUT2D eigenvalue weighted by Gasteiger charge is -2.12. The van der Waals surface area contributed by atoms with E-state index < -0.39 is 37.4 Å². The highest BCUT2D eigenvalue weighted by Crippen LogP contribution is 2.26. The molecule has 0 aliphatic rings. The van der Waals surface area contributed by atoms with Crippen molar-refractivity contribution in [1.29, 1.82) is 0 Å². The van der Waals surface area contributed by atoms with Crippen LogP contribution in [0.15, 0.2) is 23.1 Å². The molecule has 0 spiro atoms. The van der Waals surface area contributed by atoms with Crippen LogP contribution in [-0.4, -0.2) is 25.9 Å². The second kappa shape index (κ2) is 6.75. The Morgan fingerprint density at radius 2 is 2.11 bits per heavy atom. The average molecular weight is 314 g/mol. The maximum atomic E-state index is 13.3. The van der Waals surface area contributed by atoms with Gasteiger partial charge in [0, 0.05) is 12.6 Å². The van der Waals surface area contributed by atoms with Crippen LogP contribution in [0.4, 0.5) is 10.1 Å². The summed E-state index contributed by atoms with van der Waals surface area (Å²) in [6.45, 7) is 1.50. The topological polar surface area (TPSA) is 115 Å². The molecule has 0 bridgehead atoms. The van der Waals surface area contributed by atoms with Gasteiger partial charge in [0.15, 0.2) is 4.90 Å². The lowest BCUT2D eigenvalue weighted by molar-refractivity contribution is -0.390. The second-order valence-corrected chi connectivity index (χ2v) is 5.28. The summed E-state index contributed by atoms with van der Waals surface area (Å²) in [4.78, 5) is 8.91. The van der Waals surface area contributed by atoms with E-state index >= 15 is 0 Å². The van der Waals surface area contributed by atoms with E-state index in [1.807, 2.05) is 0 Å². The monoisotopic (exact) mass is 313 g/mol. The maximum absolute atomic E-state index is 13.3. The number of halogens is 2. The van der Waals surface area contributed by atoms with Crippen molar-refractivity contribution in [2.75, 3.05) is 6.54 Å². The number of nitrogens with one attached hydrogen (secondary N) is 1. The molecule has 0 aliphatic heterocycles. The third kappa shape index (κ3) is 4.10. The summed E-state index contributed by atoms with van der Waals surface area (Å²) in [5.41, 5.74) is 4.18. The lowest BCUT2D eigenvalue weighted by atomic mass is 10.3. The van der Waals surface area contributed by atoms with Gasteiger partial charge in [0.05, 0.1) is 4.92 Å². The molecular weight excluding hydrogens is 301 g/mol. The first-order chi connectivity index (χ1) is 8.29. The van der Waals surface area contributed by atoms with Gasteiger partial charge >= 0.3 is 5.69 Å². The van der Waals surface area contributed by atoms with Crippen LogP contribution in [0.25, 0.3) is 0 Å². The van der Waals surface area contributed by atoms with Gasteiger partial charge in [-0.2, -0.15) is 4.39 Å². The largest absolute Gasteiger partial charge is 0.329 e. The molecule has 0 aliphatic carbocycles. The molecule has 1 aromatic carbocycles. The molecule has 1 atom stereocenters. The van der Waals surface area contributed by atoms with Gasteiger partial charge in [0.25, 0.3) is 0 Å². The molecule has 10 heteroatoms. The van der Waals surface area contributed by atoms with Crippen LogP contribution in [0, 0.1) is 15.9 Å². The molecule has 0 saturated carbocycles. The molecule has 108 valence electrons. The Balaban J connectivity index is 0.00000324. The van der Waals surface area contributed by atoms with Crippen LogP contribution in [0.1, 0.15) is 6.92 Å². The number of sulfonamides is 1. The molecule has 0 amide bonds. The number of benzene rings is 1. The van der Waals surface area contributed by atoms with E-state index in [1.54, 1.807) is 0 Å². The number of nitro groups is 1. The van der Waals surface area contributed by atoms with Crippen molar-refractivity contribution in [2.45, 2.75) is 17.9 Å². The van der Waals surface area contributed by atoms with Crippen molar-refractivity contribution >= 4 is 28.1 Å². The predicted octanol–water partition coefficient (Wildman–Crippen LogP) is 0.781. The standard InChI is InChI=1S/C9H12FN3O4S.ClH/c1-6(5-11)12-18(16,17)8-4-2-3-7(10)9(8)13(14)15;/h2-4,6,12H,5,11H2,1H3;1H/t6-;/m0./s1. The van der Waals surface area contributed by atoms with Crippen molar-refractivity contribution in [3.63, 3.8) is 0 Å². The zero-order valence-electron chi connectivity index (χ0n) is 9.87. The van der Waals surface area contributed by atoms with Crippen molar-refractivity contribution in [2.24, 2.45) is 5.73 Å². The van der Waals surface area contributed by atoms with Crippen LogP contribution >= 0.6 is 12.4 Å². The molecule has 3 N–H and O–H groups in total. The fraction of sp³-hybridized carbons (Fsp3) is 0.333. The van der Waals surface area contributed by atoms with Crippen LogP contribution in [0.5, 0.6) is 0 Å². The lowest BCUT2D eigenvalue weighted by Crippen LogP contribution is -2.38. The molecular formula is C9H13ClFN3O4S. The number of para-hydroxylation sites is 1. The first-order valence-electron chi connectivity index (χ1n) is 4.95. The zero-order chi connectivity index (χ0) is 13.9. The Morgan fingerprint density at radius 3 is 2.58 bits per heavy atom. The van der Waals surface area contributed by atoms with E-state index in [2.05, 4.69) is 4.72 Å². The van der Waals surface area contributed by atoms with Crippen LogP contribution in [-0.2, 0) is 10.0 Å². The summed E-state index contributed by atoms with van der Waals surface area (Å²) in [7, 11) is -4.18. The SMILES string of the molecule is C[C@@H](CN)NS(=O)(=O)c1cccc(F)c1[N+](=O)[O-].Cl. The summed E-state index contributed by atoms with van der Waals surface area (Å²) in [5.74, 6) is -1.21. The van der Waals surface area contributed by atoms with Gasteiger partial charge in [0.1, 0.15) is 0 Å². The summed E-state index contributed by atoms with van der Waals surface area (Å²) in [6.07, 6.45) is 0. The summed E-state index contributed by atoms with van der Waals surface area (Å²) >= 11 is 0. The average Bonchev–Trinajstić information content (AvgIpc) is 2.27. The van der Waals surface area contributed by atoms with E-state index in [-0.39, 0.29) is 19.0 Å². The first-order valence-corrected chi connectivity index (χ1v) is 6.43. The number of hydrogen-bond donors (Lipinski definition) is 2. The number of nitrogens with zero attached hydrogens (tertiary/aromatic N) is 1. The first kappa shape index (κ1) is 17.7. The van der Waals surface area contributed by atoms with Gasteiger partial charge in [-0.05, 0) is 19.1 Å². The molecule has 0 unspecified atom stereocenters. The Hall–Kier alpha value is -1.29. The minimum atomic E-state index is -4.18. The molecule has 1 rings (SSSR count). The van der Waals surface area contributed by atoms with Gasteiger partial charge in [-0.3, -0.25) is 10.1 Å². The molecule has 0 heterocycles. The fourth-order valence-electron chi connectivity index (χ4n) is 1.27. The third-order valence-electron chi connectivity index (χ3n) is 2.13. The van der Waals surface area contributed by atoms with Crippen molar-refractivity contribution in [1.82, 2.24) is 4.72 Å². The van der Waals surface area contributed by atoms with Gasteiger partial charge in [-0.1, -0.05) is 6.07 Å². The summed E-state index contributed by atoms with van der Waals surface area (Å²) < 4.78 is 39.1. The Bertz CT molecular complexity index is 567. The highest BCUT2D eigenvalue weighted by atomic mass is 35.5. The van der Waals surface area contributed by atoms with E-state index in [1.165, 1.54) is 6.92 Å². The Morgan fingerprint density at radius 1 is 1.53 bits per heavy atom. The molecule has 0 aromatic heterocycles. The van der Waals surface area contributed by atoms with Crippen molar-refractivity contribution in [3.8, 4) is 0 Å². The molecule has 0 radical (unpaired) electrons. The molecule has 0 fully saturated rings. The second-order valence-electron chi connectivity index (χ2n) is 3.60. The number of rotatable bonds is 5. The highest BCUT2D eigenvalue weighted by Gasteiger charge is 2.29. The smallest absolute Gasteiger partial charge is 0.324 e. The predicted molar refractivity (Wildman–Crippen MR) is 69.1 cm³/mol. The number of hydrogen-bond acceptors (Lipinski definition) is 5. The van der Waals surface area contributed by atoms with Crippen LogP contribution < -0.4 is 10.5 Å². The van der Waals surface area contributed by atoms with Crippen molar-refractivity contribution in [3.05, 3.63) is 34.1 Å². The van der Waals surface area contributed by atoms with Gasteiger partial charge in [-0.25, -0.2) is 13.1 Å². The Kier molecular flexibility index (Phi) is 6.30. The maximum Gasteiger partial charge on any atom is 0.324 e. The van der Waals surface area contributed by atoms with Crippen LogP contribution in [0.3, 0.4) is 0 Å². The summed E-state index contributed by atoms with van der Waals surface area (Å²) in [6, 6.07) is 2.26. The molecule has 0 saturated heterocycles. The van der Waals surface area contributed by atoms with E-state index in [4.69, 9.17) is 5.73 Å². The van der Waals surface area contributed by atoms with Gasteiger partial charge in [0.2, 0.25) is 15.8 Å². The highest BCUT2D eigenvalue weighted by molar-refractivity contribution is 7.89. The van der Waals surface area contributed by atoms with E-state index in [9.17, 15) is 22.9 Å². The molecule has 7 nitrogen and oxygen atoms in total. The molecule has 19 heavy (non-hydrogen) atoms.